The third kappa shape index (κ3) is 9.93. The molecule has 8 nitrogen and oxygen atoms in total. The van der Waals surface area contributed by atoms with E-state index in [4.69, 9.17) is 34.4 Å². The summed E-state index contributed by atoms with van der Waals surface area (Å²) in [5.74, 6) is 0. The number of hydrogen-bond acceptors (Lipinski definition) is 10. The Hall–Kier alpha value is -3.63. The molecule has 0 amide bonds. The Bertz CT molecular complexity index is 1150. The Labute approximate surface area is 221 Å². The van der Waals surface area contributed by atoms with Crippen LogP contribution in [0, 0.1) is 20.8 Å². The van der Waals surface area contributed by atoms with Gasteiger partial charge in [0.2, 0.25) is 0 Å². The number of thiophene rings is 1. The fraction of sp³-hybridized carbons (Fsp3) is 0.269. The maximum atomic E-state index is 5.64. The first-order valence-corrected chi connectivity index (χ1v) is 13.3. The van der Waals surface area contributed by atoms with E-state index in [0.717, 1.165) is 44.6 Å². The van der Waals surface area contributed by atoms with E-state index in [2.05, 4.69) is 16.0 Å². The molecule has 0 aliphatic carbocycles. The molecule has 2 aromatic carbocycles. The third-order valence-corrected chi connectivity index (χ3v) is 7.02. The molecule has 0 bridgehead atoms. The molecule has 0 saturated carbocycles. The van der Waals surface area contributed by atoms with Crippen molar-refractivity contribution in [1.82, 2.24) is 4.98 Å². The fourth-order valence-electron chi connectivity index (χ4n) is 3.22. The van der Waals surface area contributed by atoms with Gasteiger partial charge in [-0.15, -0.1) is 22.7 Å². The van der Waals surface area contributed by atoms with Gasteiger partial charge in [-0.25, -0.2) is 4.98 Å². The van der Waals surface area contributed by atoms with Crippen molar-refractivity contribution < 1.29 is 0 Å². The molecule has 0 spiro atoms. The van der Waals surface area contributed by atoms with E-state index in [1.165, 1.54) is 42.3 Å². The van der Waals surface area contributed by atoms with Gasteiger partial charge in [-0.2, -0.15) is 0 Å². The molecule has 1 aliphatic rings. The molecule has 10 heteroatoms. The van der Waals surface area contributed by atoms with E-state index in [1.807, 2.05) is 56.5 Å². The zero-order valence-corrected chi connectivity index (χ0v) is 22.8. The van der Waals surface area contributed by atoms with Gasteiger partial charge in [0.15, 0.2) is 5.13 Å². The summed E-state index contributed by atoms with van der Waals surface area (Å²) in [5, 5.41) is 4.83. The van der Waals surface area contributed by atoms with Crippen molar-refractivity contribution in [2.75, 3.05) is 52.4 Å². The van der Waals surface area contributed by atoms with E-state index >= 15 is 0 Å². The van der Waals surface area contributed by atoms with Gasteiger partial charge in [-0.05, 0) is 93.3 Å². The molecule has 0 atom stereocenters. The number of anilines is 7. The number of aromatic nitrogens is 1. The van der Waals surface area contributed by atoms with Gasteiger partial charge < -0.3 is 39.3 Å². The minimum absolute atomic E-state index is 0.650. The summed E-state index contributed by atoms with van der Waals surface area (Å²) in [6.07, 6.45) is 2.66. The molecule has 0 radical (unpaired) electrons. The minimum atomic E-state index is 0.650. The van der Waals surface area contributed by atoms with Gasteiger partial charge in [-0.3, -0.25) is 0 Å². The molecule has 12 N–H and O–H groups in total. The summed E-state index contributed by atoms with van der Waals surface area (Å²) in [5.41, 5.74) is 39.1. The van der Waals surface area contributed by atoms with Crippen molar-refractivity contribution in [3.05, 3.63) is 70.7 Å². The second-order valence-electron chi connectivity index (χ2n) is 8.43. The van der Waals surface area contributed by atoms with Gasteiger partial charge in [0.05, 0.1) is 15.7 Å². The van der Waals surface area contributed by atoms with Crippen LogP contribution < -0.4 is 39.3 Å². The van der Waals surface area contributed by atoms with E-state index in [9.17, 15) is 0 Å². The zero-order valence-electron chi connectivity index (χ0n) is 21.2. The number of hydrogen-bond donors (Lipinski definition) is 6. The highest BCUT2D eigenvalue weighted by Crippen LogP contribution is 2.29. The highest BCUT2D eigenvalue weighted by atomic mass is 32.1. The number of nitrogens with zero attached hydrogens (tertiary/aromatic N) is 2. The van der Waals surface area contributed by atoms with Gasteiger partial charge in [0, 0.05) is 41.2 Å². The number of benzene rings is 2. The lowest BCUT2D eigenvalue weighted by atomic mass is 10.2. The topological polar surface area (TPSA) is 172 Å². The molecular formula is C26H38N8S2. The van der Waals surface area contributed by atoms with Crippen molar-refractivity contribution in [3.8, 4) is 0 Å². The molecule has 4 aromatic rings. The van der Waals surface area contributed by atoms with Gasteiger partial charge in [0.25, 0.3) is 0 Å². The molecule has 5 rings (SSSR count). The van der Waals surface area contributed by atoms with Crippen molar-refractivity contribution >= 4 is 60.6 Å². The van der Waals surface area contributed by atoms with Crippen LogP contribution in [-0.4, -0.2) is 18.1 Å². The Balaban J connectivity index is 0.000000171. The molecule has 1 aliphatic heterocycles. The zero-order chi connectivity index (χ0) is 26.7. The lowest BCUT2D eigenvalue weighted by Crippen LogP contribution is -2.15. The molecular weight excluding hydrogens is 488 g/mol. The summed E-state index contributed by atoms with van der Waals surface area (Å²) in [4.78, 5) is 6.31. The van der Waals surface area contributed by atoms with E-state index in [0.29, 0.717) is 5.13 Å². The summed E-state index contributed by atoms with van der Waals surface area (Å²) in [6.45, 7) is 8.21. The Morgan fingerprint density at radius 2 is 1.25 bits per heavy atom. The molecule has 1 fully saturated rings. The van der Waals surface area contributed by atoms with Crippen LogP contribution in [0.3, 0.4) is 0 Å². The van der Waals surface area contributed by atoms with Crippen LogP contribution in [-0.2, 0) is 0 Å². The number of aryl methyl sites for hydroxylation is 3. The van der Waals surface area contributed by atoms with Crippen LogP contribution in [0.25, 0.3) is 0 Å². The number of nitrogens with two attached hydrogens (primary N) is 6. The quantitative estimate of drug-likeness (QED) is 0.182. The van der Waals surface area contributed by atoms with Gasteiger partial charge in [-0.1, -0.05) is 0 Å². The Morgan fingerprint density at radius 1 is 0.722 bits per heavy atom. The molecule has 2 aromatic heterocycles. The molecule has 194 valence electrons. The van der Waals surface area contributed by atoms with Crippen molar-refractivity contribution in [3.63, 3.8) is 0 Å². The summed E-state index contributed by atoms with van der Waals surface area (Å²) in [7, 11) is 0. The second-order valence-corrected chi connectivity index (χ2v) is 10.4. The van der Waals surface area contributed by atoms with Crippen LogP contribution in [0.15, 0.2) is 53.9 Å². The van der Waals surface area contributed by atoms with Crippen LogP contribution >= 0.6 is 22.7 Å². The predicted octanol–water partition coefficient (Wildman–Crippen LogP) is 5.28. The molecule has 36 heavy (non-hydrogen) atoms. The molecule has 0 unspecified atom stereocenters. The maximum Gasteiger partial charge on any atom is 0.180 e. The van der Waals surface area contributed by atoms with Crippen molar-refractivity contribution in [1.29, 1.82) is 0 Å². The molecule has 1 saturated heterocycles. The smallest absolute Gasteiger partial charge is 0.180 e. The third-order valence-electron chi connectivity index (χ3n) is 5.25. The van der Waals surface area contributed by atoms with E-state index in [1.54, 1.807) is 23.5 Å². The monoisotopic (exact) mass is 526 g/mol. The van der Waals surface area contributed by atoms with Crippen LogP contribution in [0.4, 0.5) is 37.9 Å². The average molecular weight is 527 g/mol. The first-order chi connectivity index (χ1) is 17.0. The lowest BCUT2D eigenvalue weighted by molar-refractivity contribution is 0.949. The van der Waals surface area contributed by atoms with Crippen molar-refractivity contribution in [2.45, 2.75) is 33.6 Å². The Kier molecular flexibility index (Phi) is 11.2. The van der Waals surface area contributed by atoms with E-state index < -0.39 is 0 Å². The summed E-state index contributed by atoms with van der Waals surface area (Å²) in [6, 6.07) is 15.0. The standard InChI is InChI=1S/C8H12N2S.2C7H10N2.C4H6N2S/c9-7-3-4-8(11-7)10-5-1-2-6-10;2*1-5-4-6(8)2-3-7(5)9;1-3-2-7-4(5)6-3/h3-4H,1-2,5-6,9H2;2*2-4H,8-9H2,1H3;2H,1H3,(H2,5,6). The second kappa shape index (κ2) is 14.1. The van der Waals surface area contributed by atoms with Crippen LogP contribution in [0.5, 0.6) is 0 Å². The summed E-state index contributed by atoms with van der Waals surface area (Å²) < 4.78 is 0. The largest absolute Gasteiger partial charge is 0.399 e. The number of thiazole rings is 1. The Morgan fingerprint density at radius 3 is 1.56 bits per heavy atom. The van der Waals surface area contributed by atoms with Gasteiger partial charge in [0.1, 0.15) is 0 Å². The first-order valence-electron chi connectivity index (χ1n) is 11.6. The first kappa shape index (κ1) is 28.6. The SMILES string of the molecule is Cc1cc(N)ccc1N.Cc1cc(N)ccc1N.Cc1csc(N)n1.Nc1ccc(N2CCCC2)s1. The fourth-order valence-corrected chi connectivity index (χ4v) is 4.59. The highest BCUT2D eigenvalue weighted by Gasteiger charge is 2.13. The number of rotatable bonds is 1. The summed E-state index contributed by atoms with van der Waals surface area (Å²) >= 11 is 3.16. The average Bonchev–Trinajstić information content (AvgIpc) is 3.58. The van der Waals surface area contributed by atoms with E-state index in [-0.39, 0.29) is 0 Å². The highest BCUT2D eigenvalue weighted by molar-refractivity contribution is 7.19. The number of nitrogen functional groups attached to an aromatic ring is 6. The maximum absolute atomic E-state index is 5.64. The van der Waals surface area contributed by atoms with Gasteiger partial charge >= 0.3 is 0 Å². The molecule has 3 heterocycles. The lowest BCUT2D eigenvalue weighted by Gasteiger charge is -2.13. The predicted molar refractivity (Wildman–Crippen MR) is 161 cm³/mol. The minimum Gasteiger partial charge on any atom is -0.399 e. The normalized spacial score (nSPS) is 11.9. The van der Waals surface area contributed by atoms with Crippen LogP contribution in [0.2, 0.25) is 0 Å². The van der Waals surface area contributed by atoms with Crippen molar-refractivity contribution in [2.24, 2.45) is 0 Å². The van der Waals surface area contributed by atoms with Crippen LogP contribution in [0.1, 0.15) is 29.7 Å².